The fraction of sp³-hybridized carbons (Fsp3) is 0.389. The summed E-state index contributed by atoms with van der Waals surface area (Å²) in [5, 5.41) is 3.30. The summed E-state index contributed by atoms with van der Waals surface area (Å²) in [5.74, 6) is 0.287. The van der Waals surface area contributed by atoms with Gasteiger partial charge in [0.15, 0.2) is 0 Å². The number of ether oxygens (including phenoxy) is 2. The number of methoxy groups -OCH3 is 1. The van der Waals surface area contributed by atoms with Gasteiger partial charge in [-0.1, -0.05) is 18.2 Å². The summed E-state index contributed by atoms with van der Waals surface area (Å²) >= 11 is 0. The minimum atomic E-state index is -4.70. The van der Waals surface area contributed by atoms with E-state index in [0.717, 1.165) is 37.3 Å². The van der Waals surface area contributed by atoms with Gasteiger partial charge in [0, 0.05) is 38.4 Å². The van der Waals surface area contributed by atoms with Gasteiger partial charge in [-0.15, -0.1) is 13.2 Å². The number of piperazine rings is 1. The summed E-state index contributed by atoms with van der Waals surface area (Å²) in [6.45, 7) is 3.37. The Hall–Kier alpha value is -2.32. The van der Waals surface area contributed by atoms with Gasteiger partial charge in [-0.2, -0.15) is 0 Å². The highest BCUT2D eigenvalue weighted by Crippen LogP contribution is 2.31. The van der Waals surface area contributed by atoms with Crippen LogP contribution in [0.2, 0.25) is 0 Å². The van der Waals surface area contributed by atoms with E-state index in [2.05, 4.69) is 19.9 Å². The average Bonchev–Trinajstić information content (AvgIpc) is 2.64. The second-order valence-electron chi connectivity index (χ2n) is 5.94. The van der Waals surface area contributed by atoms with Crippen LogP contribution in [-0.4, -0.2) is 49.5 Å². The van der Waals surface area contributed by atoms with Crippen molar-refractivity contribution in [3.63, 3.8) is 0 Å². The molecule has 2 heterocycles. The van der Waals surface area contributed by atoms with Crippen LogP contribution in [0.25, 0.3) is 0 Å². The molecule has 5 nitrogen and oxygen atoms in total. The Morgan fingerprint density at radius 3 is 2.23 bits per heavy atom. The largest absolute Gasteiger partial charge is 0.573 e. The van der Waals surface area contributed by atoms with Crippen LogP contribution in [-0.2, 0) is 0 Å². The van der Waals surface area contributed by atoms with Crippen LogP contribution in [0.5, 0.6) is 11.6 Å². The number of alkyl halides is 3. The van der Waals surface area contributed by atoms with E-state index < -0.39 is 6.36 Å². The lowest BCUT2D eigenvalue weighted by atomic mass is 9.97. The van der Waals surface area contributed by atoms with Crippen molar-refractivity contribution in [1.82, 2.24) is 15.2 Å². The van der Waals surface area contributed by atoms with E-state index >= 15 is 0 Å². The van der Waals surface area contributed by atoms with Crippen LogP contribution in [0.1, 0.15) is 17.2 Å². The Labute approximate surface area is 149 Å². The number of hydrogen-bond acceptors (Lipinski definition) is 5. The van der Waals surface area contributed by atoms with Gasteiger partial charge < -0.3 is 14.8 Å². The highest BCUT2D eigenvalue weighted by atomic mass is 19.4. The van der Waals surface area contributed by atoms with Gasteiger partial charge >= 0.3 is 6.36 Å². The normalized spacial score (nSPS) is 16.9. The minimum Gasteiger partial charge on any atom is -0.481 e. The van der Waals surface area contributed by atoms with Crippen LogP contribution in [0, 0.1) is 0 Å². The van der Waals surface area contributed by atoms with Gasteiger partial charge in [0.05, 0.1) is 13.2 Å². The Bertz CT molecular complexity index is 699. The topological polar surface area (TPSA) is 46.6 Å². The summed E-state index contributed by atoms with van der Waals surface area (Å²) < 4.78 is 46.2. The molecule has 140 valence electrons. The average molecular weight is 367 g/mol. The second kappa shape index (κ2) is 7.92. The molecule has 0 unspecified atom stereocenters. The number of nitrogens with one attached hydrogen (secondary N) is 1. The van der Waals surface area contributed by atoms with Crippen molar-refractivity contribution in [1.29, 1.82) is 0 Å². The number of nitrogens with zero attached hydrogens (tertiary/aromatic N) is 2. The summed E-state index contributed by atoms with van der Waals surface area (Å²) in [4.78, 5) is 6.54. The molecule has 1 aromatic heterocycles. The molecule has 1 aromatic carbocycles. The highest BCUT2D eigenvalue weighted by molar-refractivity contribution is 5.36. The highest BCUT2D eigenvalue weighted by Gasteiger charge is 2.31. The van der Waals surface area contributed by atoms with Crippen LogP contribution in [0.3, 0.4) is 0 Å². The smallest absolute Gasteiger partial charge is 0.481 e. The van der Waals surface area contributed by atoms with E-state index in [1.807, 2.05) is 6.07 Å². The van der Waals surface area contributed by atoms with Gasteiger partial charge in [0.2, 0.25) is 5.88 Å². The number of pyridine rings is 1. The SMILES string of the molecule is COc1ccc([C@H](c2ccc(OC(F)(F)F)cc2)N2CCNCC2)cn1. The van der Waals surface area contributed by atoms with Crippen molar-refractivity contribution >= 4 is 0 Å². The zero-order valence-corrected chi connectivity index (χ0v) is 14.3. The van der Waals surface area contributed by atoms with Crippen LogP contribution >= 0.6 is 0 Å². The third-order valence-corrected chi connectivity index (χ3v) is 4.23. The molecule has 0 aliphatic carbocycles. The number of benzene rings is 1. The van der Waals surface area contributed by atoms with E-state index in [4.69, 9.17) is 4.74 Å². The molecule has 8 heteroatoms. The lowest BCUT2D eigenvalue weighted by molar-refractivity contribution is -0.274. The molecule has 1 fully saturated rings. The maximum absolute atomic E-state index is 12.4. The van der Waals surface area contributed by atoms with E-state index in [9.17, 15) is 13.2 Å². The van der Waals surface area contributed by atoms with Gasteiger partial charge in [-0.05, 0) is 23.3 Å². The molecule has 1 atom stereocenters. The Balaban J connectivity index is 1.89. The fourth-order valence-corrected chi connectivity index (χ4v) is 3.08. The fourth-order valence-electron chi connectivity index (χ4n) is 3.08. The van der Waals surface area contributed by atoms with E-state index in [-0.39, 0.29) is 11.8 Å². The first-order chi connectivity index (χ1) is 12.5. The van der Waals surface area contributed by atoms with Crippen molar-refractivity contribution < 1.29 is 22.6 Å². The summed E-state index contributed by atoms with van der Waals surface area (Å²) in [5.41, 5.74) is 1.84. The Morgan fingerprint density at radius 2 is 1.69 bits per heavy atom. The van der Waals surface area contributed by atoms with Gasteiger partial charge in [0.25, 0.3) is 0 Å². The maximum atomic E-state index is 12.4. The van der Waals surface area contributed by atoms with Crippen molar-refractivity contribution in [3.05, 3.63) is 53.7 Å². The molecule has 0 spiro atoms. The molecule has 1 N–H and O–H groups in total. The minimum absolute atomic E-state index is 0.101. The molecule has 26 heavy (non-hydrogen) atoms. The molecular weight excluding hydrogens is 347 g/mol. The van der Waals surface area contributed by atoms with E-state index in [1.54, 1.807) is 31.5 Å². The Kier molecular flexibility index (Phi) is 5.63. The van der Waals surface area contributed by atoms with Crippen molar-refractivity contribution in [2.45, 2.75) is 12.4 Å². The molecule has 3 rings (SSSR count). The van der Waals surface area contributed by atoms with Crippen LogP contribution in [0.4, 0.5) is 13.2 Å². The van der Waals surface area contributed by atoms with Crippen molar-refractivity contribution in [3.8, 4) is 11.6 Å². The second-order valence-corrected chi connectivity index (χ2v) is 5.94. The number of rotatable bonds is 5. The predicted molar refractivity (Wildman–Crippen MR) is 90.2 cm³/mol. The third-order valence-electron chi connectivity index (χ3n) is 4.23. The predicted octanol–water partition coefficient (Wildman–Crippen LogP) is 2.98. The molecule has 2 aromatic rings. The quantitative estimate of drug-likeness (QED) is 0.880. The summed E-state index contributed by atoms with van der Waals surface area (Å²) in [6, 6.07) is 9.63. The summed E-state index contributed by atoms with van der Waals surface area (Å²) in [7, 11) is 1.55. The molecule has 0 radical (unpaired) electrons. The molecule has 0 saturated carbocycles. The number of halogens is 3. The third kappa shape index (κ3) is 4.64. The molecule has 1 saturated heterocycles. The van der Waals surface area contributed by atoms with Crippen LogP contribution in [0.15, 0.2) is 42.6 Å². The van der Waals surface area contributed by atoms with Gasteiger partial charge in [0.1, 0.15) is 5.75 Å². The molecule has 1 aliphatic rings. The first-order valence-electron chi connectivity index (χ1n) is 8.27. The zero-order valence-electron chi connectivity index (χ0n) is 14.3. The number of hydrogen-bond donors (Lipinski definition) is 1. The standard InChI is InChI=1S/C18H20F3N3O2/c1-25-16-7-4-14(12-23-16)17(24-10-8-22-9-11-24)13-2-5-15(6-3-13)26-18(19,20)21/h2-7,12,17,22H,8-11H2,1H3/t17-/m0/s1. The molecule has 0 bridgehead atoms. The Morgan fingerprint density at radius 1 is 1.04 bits per heavy atom. The summed E-state index contributed by atoms with van der Waals surface area (Å²) in [6.07, 6.45) is -2.95. The first-order valence-corrected chi connectivity index (χ1v) is 8.27. The molecule has 1 aliphatic heterocycles. The lowest BCUT2D eigenvalue weighted by Gasteiger charge is -2.35. The van der Waals surface area contributed by atoms with Crippen molar-refractivity contribution in [2.75, 3.05) is 33.3 Å². The maximum Gasteiger partial charge on any atom is 0.573 e. The monoisotopic (exact) mass is 367 g/mol. The lowest BCUT2D eigenvalue weighted by Crippen LogP contribution is -2.45. The van der Waals surface area contributed by atoms with E-state index in [1.165, 1.54) is 12.1 Å². The van der Waals surface area contributed by atoms with E-state index in [0.29, 0.717) is 5.88 Å². The van der Waals surface area contributed by atoms with Crippen LogP contribution < -0.4 is 14.8 Å². The number of aromatic nitrogens is 1. The molecule has 0 amide bonds. The van der Waals surface area contributed by atoms with Crippen molar-refractivity contribution in [2.24, 2.45) is 0 Å². The molecular formula is C18H20F3N3O2. The first kappa shape index (κ1) is 18.5. The zero-order chi connectivity index (χ0) is 18.6. The van der Waals surface area contributed by atoms with Gasteiger partial charge in [-0.25, -0.2) is 4.98 Å². The van der Waals surface area contributed by atoms with Gasteiger partial charge in [-0.3, -0.25) is 4.90 Å².